The molecule has 1 saturated heterocycles. The molecule has 7 heteroatoms. The number of nitrogens with zero attached hydrogens (tertiary/aromatic N) is 3. The number of carbonyl (C=O) groups excluding carboxylic acids is 2. The minimum atomic E-state index is -0.312. The number of likely N-dealkylation sites (tertiary alicyclic amines) is 1. The first-order chi connectivity index (χ1) is 13.0. The number of nitrogens with one attached hydrogen (secondary N) is 1. The van der Waals surface area contributed by atoms with Crippen molar-refractivity contribution >= 4 is 11.9 Å². The van der Waals surface area contributed by atoms with E-state index in [1.165, 1.54) is 12.1 Å². The van der Waals surface area contributed by atoms with Crippen LogP contribution in [0.4, 0.5) is 9.18 Å². The Morgan fingerprint density at radius 3 is 2.41 bits per heavy atom. The summed E-state index contributed by atoms with van der Waals surface area (Å²) in [4.78, 5) is 32.2. The van der Waals surface area contributed by atoms with Gasteiger partial charge in [-0.2, -0.15) is 0 Å². The van der Waals surface area contributed by atoms with Crippen LogP contribution in [-0.4, -0.2) is 45.9 Å². The number of pyridine rings is 1. The van der Waals surface area contributed by atoms with Crippen LogP contribution < -0.4 is 5.32 Å². The fraction of sp³-hybridized carbons (Fsp3) is 0.350. The lowest BCUT2D eigenvalue weighted by Crippen LogP contribution is -2.45. The predicted molar refractivity (Wildman–Crippen MR) is 99.1 cm³/mol. The highest BCUT2D eigenvalue weighted by molar-refractivity contribution is 5.81. The van der Waals surface area contributed by atoms with Gasteiger partial charge in [0, 0.05) is 45.0 Å². The lowest BCUT2D eigenvalue weighted by molar-refractivity contribution is -0.127. The smallest absolute Gasteiger partial charge is 0.318 e. The average molecular weight is 370 g/mol. The Morgan fingerprint density at radius 2 is 1.81 bits per heavy atom. The number of aromatic nitrogens is 1. The summed E-state index contributed by atoms with van der Waals surface area (Å²) in [5.74, 6) is -0.255. The van der Waals surface area contributed by atoms with Gasteiger partial charge in [-0.1, -0.05) is 12.1 Å². The molecule has 3 amide bonds. The summed E-state index contributed by atoms with van der Waals surface area (Å²) in [6.45, 7) is 3.82. The molecule has 1 aliphatic rings. The van der Waals surface area contributed by atoms with Gasteiger partial charge in [0.05, 0.1) is 6.04 Å². The number of carbonyl (C=O) groups is 2. The summed E-state index contributed by atoms with van der Waals surface area (Å²) in [6.07, 6.45) is 3.68. The second kappa shape index (κ2) is 8.62. The molecule has 27 heavy (non-hydrogen) atoms. The van der Waals surface area contributed by atoms with Crippen molar-refractivity contribution in [3.8, 4) is 0 Å². The zero-order valence-electron chi connectivity index (χ0n) is 15.3. The average Bonchev–Trinajstić information content (AvgIpc) is 3.03. The molecule has 0 spiro atoms. The molecule has 0 aliphatic carbocycles. The summed E-state index contributed by atoms with van der Waals surface area (Å²) in [6, 6.07) is 9.36. The van der Waals surface area contributed by atoms with Gasteiger partial charge >= 0.3 is 6.03 Å². The lowest BCUT2D eigenvalue weighted by Gasteiger charge is -2.25. The highest BCUT2D eigenvalue weighted by atomic mass is 19.1. The molecule has 1 N–H and O–H groups in total. The predicted octanol–water partition coefficient (Wildman–Crippen LogP) is 2.55. The maximum absolute atomic E-state index is 13.2. The van der Waals surface area contributed by atoms with Crippen LogP contribution >= 0.6 is 0 Å². The molecule has 2 heterocycles. The first kappa shape index (κ1) is 18.8. The Bertz CT molecular complexity index is 782. The molecule has 1 aromatic heterocycles. The van der Waals surface area contributed by atoms with Crippen LogP contribution in [0.15, 0.2) is 48.8 Å². The van der Waals surface area contributed by atoms with Crippen LogP contribution in [0.25, 0.3) is 0 Å². The maximum atomic E-state index is 13.2. The Kier molecular flexibility index (Phi) is 6.01. The van der Waals surface area contributed by atoms with Gasteiger partial charge < -0.3 is 15.1 Å². The summed E-state index contributed by atoms with van der Waals surface area (Å²) in [5, 5.41) is 2.96. The molecule has 1 fully saturated rings. The summed E-state index contributed by atoms with van der Waals surface area (Å²) < 4.78 is 13.2. The maximum Gasteiger partial charge on any atom is 0.318 e. The molecule has 142 valence electrons. The van der Waals surface area contributed by atoms with E-state index in [-0.39, 0.29) is 23.8 Å². The highest BCUT2D eigenvalue weighted by Gasteiger charge is 2.30. The first-order valence-corrected chi connectivity index (χ1v) is 9.01. The fourth-order valence-corrected chi connectivity index (χ4v) is 3.16. The van der Waals surface area contributed by atoms with Crippen LogP contribution in [0.5, 0.6) is 0 Å². The number of hydrogen-bond acceptors (Lipinski definition) is 3. The number of halogens is 1. The van der Waals surface area contributed by atoms with E-state index in [1.807, 2.05) is 19.1 Å². The number of rotatable bonds is 6. The minimum Gasteiger partial charge on any atom is -0.341 e. The normalized spacial score (nSPS) is 16.4. The minimum absolute atomic E-state index is 0.0574. The number of amides is 3. The van der Waals surface area contributed by atoms with Gasteiger partial charge in [-0.3, -0.25) is 9.78 Å². The van der Waals surface area contributed by atoms with Gasteiger partial charge in [-0.05, 0) is 42.3 Å². The Morgan fingerprint density at radius 1 is 1.19 bits per heavy atom. The van der Waals surface area contributed by atoms with Crippen molar-refractivity contribution in [2.24, 2.45) is 0 Å². The molecular formula is C20H23FN4O2. The third-order valence-corrected chi connectivity index (χ3v) is 4.62. The van der Waals surface area contributed by atoms with Crippen molar-refractivity contribution in [2.45, 2.75) is 32.5 Å². The van der Waals surface area contributed by atoms with Crippen LogP contribution in [-0.2, 0) is 17.9 Å². The third-order valence-electron chi connectivity index (χ3n) is 4.62. The lowest BCUT2D eigenvalue weighted by atomic mass is 10.2. The molecule has 2 aromatic rings. The van der Waals surface area contributed by atoms with Gasteiger partial charge in [0.25, 0.3) is 0 Å². The molecule has 1 aromatic carbocycles. The molecule has 1 atom stereocenters. The zero-order valence-corrected chi connectivity index (χ0v) is 15.3. The zero-order chi connectivity index (χ0) is 19.2. The Balaban J connectivity index is 1.71. The summed E-state index contributed by atoms with van der Waals surface area (Å²) in [5.41, 5.74) is 1.78. The summed E-state index contributed by atoms with van der Waals surface area (Å²) in [7, 11) is 0. The van der Waals surface area contributed by atoms with Gasteiger partial charge in [-0.15, -0.1) is 0 Å². The van der Waals surface area contributed by atoms with Gasteiger partial charge in [0.1, 0.15) is 5.82 Å². The fourth-order valence-electron chi connectivity index (χ4n) is 3.16. The van der Waals surface area contributed by atoms with Crippen molar-refractivity contribution in [3.63, 3.8) is 0 Å². The molecule has 6 nitrogen and oxygen atoms in total. The van der Waals surface area contributed by atoms with Crippen LogP contribution in [0.2, 0.25) is 0 Å². The summed E-state index contributed by atoms with van der Waals surface area (Å²) >= 11 is 0. The number of hydrogen-bond donors (Lipinski definition) is 1. The topological polar surface area (TPSA) is 65.5 Å². The monoisotopic (exact) mass is 370 g/mol. The number of urea groups is 1. The molecule has 0 radical (unpaired) electrons. The quantitative estimate of drug-likeness (QED) is 0.850. The van der Waals surface area contributed by atoms with Crippen molar-refractivity contribution in [2.75, 3.05) is 13.1 Å². The van der Waals surface area contributed by atoms with E-state index in [0.717, 1.165) is 11.1 Å². The van der Waals surface area contributed by atoms with E-state index in [2.05, 4.69) is 10.3 Å². The third kappa shape index (κ3) is 5.03. The molecule has 1 aliphatic heterocycles. The Labute approximate surface area is 158 Å². The van der Waals surface area contributed by atoms with Gasteiger partial charge in [0.2, 0.25) is 5.91 Å². The standard InChI is InChI=1S/C20H23FN4O2/c1-2-24-14-18(11-19(24)26)23-20(27)25(13-16-7-9-22-10-8-16)12-15-3-5-17(21)6-4-15/h3-10,18H,2,11-14H2,1H3,(H,23,27)/t18-/m1/s1. The van der Waals surface area contributed by atoms with Crippen molar-refractivity contribution in [1.29, 1.82) is 0 Å². The molecule has 0 bridgehead atoms. The molecule has 3 rings (SSSR count). The van der Waals surface area contributed by atoms with Crippen LogP contribution in [0.3, 0.4) is 0 Å². The van der Waals surface area contributed by atoms with E-state index in [1.54, 1.807) is 34.3 Å². The van der Waals surface area contributed by atoms with Crippen LogP contribution in [0, 0.1) is 5.82 Å². The second-order valence-corrected chi connectivity index (χ2v) is 6.62. The van der Waals surface area contributed by atoms with E-state index >= 15 is 0 Å². The second-order valence-electron chi connectivity index (χ2n) is 6.62. The van der Waals surface area contributed by atoms with E-state index in [0.29, 0.717) is 32.6 Å². The van der Waals surface area contributed by atoms with E-state index in [9.17, 15) is 14.0 Å². The highest BCUT2D eigenvalue weighted by Crippen LogP contribution is 2.14. The number of likely N-dealkylation sites (N-methyl/N-ethyl adjacent to an activating group) is 1. The van der Waals surface area contributed by atoms with Gasteiger partial charge in [-0.25, -0.2) is 9.18 Å². The largest absolute Gasteiger partial charge is 0.341 e. The van der Waals surface area contributed by atoms with E-state index in [4.69, 9.17) is 0 Å². The molecular weight excluding hydrogens is 347 g/mol. The first-order valence-electron chi connectivity index (χ1n) is 9.01. The Hall–Kier alpha value is -2.96. The SMILES string of the molecule is CCN1C[C@H](NC(=O)N(Cc2ccncc2)Cc2ccc(F)cc2)CC1=O. The van der Waals surface area contributed by atoms with E-state index < -0.39 is 0 Å². The molecule has 0 unspecified atom stereocenters. The van der Waals surface area contributed by atoms with Crippen molar-refractivity contribution < 1.29 is 14.0 Å². The van der Waals surface area contributed by atoms with Crippen molar-refractivity contribution in [1.82, 2.24) is 20.1 Å². The molecule has 0 saturated carbocycles. The van der Waals surface area contributed by atoms with Crippen LogP contribution in [0.1, 0.15) is 24.5 Å². The number of benzene rings is 1. The van der Waals surface area contributed by atoms with Gasteiger partial charge in [0.15, 0.2) is 0 Å². The van der Waals surface area contributed by atoms with Crippen molar-refractivity contribution in [3.05, 3.63) is 65.7 Å².